The van der Waals surface area contributed by atoms with Crippen molar-refractivity contribution in [1.82, 2.24) is 4.98 Å². The SMILES string of the molecule is CN(C)c1ncccc1C(C)(C)N. The molecule has 1 rings (SSSR count). The standard InChI is InChI=1S/C10H17N3/c1-10(2,11)8-6-5-7-12-9(8)13(3)4/h5-7H,11H2,1-4H3. The van der Waals surface area contributed by atoms with Gasteiger partial charge in [0.2, 0.25) is 0 Å². The minimum absolute atomic E-state index is 0.339. The Morgan fingerprint density at radius 2 is 2.00 bits per heavy atom. The normalized spacial score (nSPS) is 11.5. The van der Waals surface area contributed by atoms with Crippen LogP contribution in [0, 0.1) is 0 Å². The lowest BCUT2D eigenvalue weighted by molar-refractivity contribution is 0.552. The highest BCUT2D eigenvalue weighted by molar-refractivity contribution is 5.48. The Hall–Kier alpha value is -1.09. The summed E-state index contributed by atoms with van der Waals surface area (Å²) in [5, 5.41) is 0. The minimum Gasteiger partial charge on any atom is -0.362 e. The Morgan fingerprint density at radius 3 is 2.38 bits per heavy atom. The molecule has 0 spiro atoms. The first-order valence-electron chi connectivity index (χ1n) is 4.34. The zero-order chi connectivity index (χ0) is 10.1. The highest BCUT2D eigenvalue weighted by Crippen LogP contribution is 2.24. The second kappa shape index (κ2) is 3.34. The van der Waals surface area contributed by atoms with E-state index in [0.29, 0.717) is 0 Å². The molecule has 0 aromatic carbocycles. The van der Waals surface area contributed by atoms with Gasteiger partial charge in [-0.3, -0.25) is 0 Å². The summed E-state index contributed by atoms with van der Waals surface area (Å²) in [5.41, 5.74) is 6.76. The van der Waals surface area contributed by atoms with Gasteiger partial charge in [-0.1, -0.05) is 6.07 Å². The van der Waals surface area contributed by atoms with E-state index in [4.69, 9.17) is 5.73 Å². The lowest BCUT2D eigenvalue weighted by atomic mass is 9.96. The van der Waals surface area contributed by atoms with Crippen LogP contribution in [0.15, 0.2) is 18.3 Å². The van der Waals surface area contributed by atoms with Crippen molar-refractivity contribution in [2.75, 3.05) is 19.0 Å². The second-order valence-electron chi connectivity index (χ2n) is 3.99. The van der Waals surface area contributed by atoms with E-state index in [9.17, 15) is 0 Å². The summed E-state index contributed by atoms with van der Waals surface area (Å²) < 4.78 is 0. The molecule has 1 heterocycles. The van der Waals surface area contributed by atoms with Gasteiger partial charge in [0.15, 0.2) is 0 Å². The summed E-state index contributed by atoms with van der Waals surface area (Å²) in [6.07, 6.45) is 1.78. The molecule has 0 saturated heterocycles. The van der Waals surface area contributed by atoms with Gasteiger partial charge in [0.1, 0.15) is 5.82 Å². The van der Waals surface area contributed by atoms with Gasteiger partial charge in [0.05, 0.1) is 0 Å². The maximum atomic E-state index is 6.03. The van der Waals surface area contributed by atoms with Crippen LogP contribution >= 0.6 is 0 Å². The summed E-state index contributed by atoms with van der Waals surface area (Å²) in [6, 6.07) is 3.93. The summed E-state index contributed by atoms with van der Waals surface area (Å²) in [7, 11) is 3.94. The highest BCUT2D eigenvalue weighted by Gasteiger charge is 2.19. The van der Waals surface area contributed by atoms with Crippen molar-refractivity contribution in [3.63, 3.8) is 0 Å². The van der Waals surface area contributed by atoms with Crippen molar-refractivity contribution in [3.8, 4) is 0 Å². The molecule has 0 amide bonds. The average molecular weight is 179 g/mol. The van der Waals surface area contributed by atoms with Crippen LogP contribution in [0.4, 0.5) is 5.82 Å². The van der Waals surface area contributed by atoms with Crippen LogP contribution in [0.3, 0.4) is 0 Å². The molecule has 72 valence electrons. The van der Waals surface area contributed by atoms with Gasteiger partial charge in [-0.15, -0.1) is 0 Å². The number of anilines is 1. The van der Waals surface area contributed by atoms with E-state index >= 15 is 0 Å². The third-order valence-electron chi connectivity index (χ3n) is 1.90. The van der Waals surface area contributed by atoms with Gasteiger partial charge in [-0.25, -0.2) is 4.98 Å². The second-order valence-corrected chi connectivity index (χ2v) is 3.99. The first-order valence-corrected chi connectivity index (χ1v) is 4.34. The lowest BCUT2D eigenvalue weighted by Crippen LogP contribution is -2.31. The zero-order valence-electron chi connectivity index (χ0n) is 8.70. The maximum Gasteiger partial charge on any atom is 0.133 e. The molecule has 3 nitrogen and oxygen atoms in total. The van der Waals surface area contributed by atoms with Crippen molar-refractivity contribution in [2.45, 2.75) is 19.4 Å². The fraction of sp³-hybridized carbons (Fsp3) is 0.500. The molecule has 0 aliphatic carbocycles. The molecule has 2 N–H and O–H groups in total. The fourth-order valence-electron chi connectivity index (χ4n) is 1.26. The summed E-state index contributed by atoms with van der Waals surface area (Å²) in [6.45, 7) is 3.97. The molecule has 0 bridgehead atoms. The van der Waals surface area contributed by atoms with Crippen LogP contribution in [0.5, 0.6) is 0 Å². The van der Waals surface area contributed by atoms with Crippen LogP contribution in [0.1, 0.15) is 19.4 Å². The van der Waals surface area contributed by atoms with E-state index in [1.807, 2.05) is 45.0 Å². The molecule has 0 radical (unpaired) electrons. The van der Waals surface area contributed by atoms with Gasteiger partial charge in [-0.05, 0) is 19.9 Å². The van der Waals surface area contributed by atoms with Gasteiger partial charge in [-0.2, -0.15) is 0 Å². The quantitative estimate of drug-likeness (QED) is 0.745. The number of hydrogen-bond acceptors (Lipinski definition) is 3. The van der Waals surface area contributed by atoms with E-state index in [0.717, 1.165) is 11.4 Å². The fourth-order valence-corrected chi connectivity index (χ4v) is 1.26. The van der Waals surface area contributed by atoms with Gasteiger partial charge in [0.25, 0.3) is 0 Å². The molecular weight excluding hydrogens is 162 g/mol. The summed E-state index contributed by atoms with van der Waals surface area (Å²) >= 11 is 0. The van der Waals surface area contributed by atoms with Gasteiger partial charge in [0, 0.05) is 31.4 Å². The average Bonchev–Trinajstić information content (AvgIpc) is 2.03. The highest BCUT2D eigenvalue weighted by atomic mass is 15.1. The predicted molar refractivity (Wildman–Crippen MR) is 55.8 cm³/mol. The monoisotopic (exact) mass is 179 g/mol. The molecule has 0 atom stereocenters. The van der Waals surface area contributed by atoms with E-state index in [1.165, 1.54) is 0 Å². The van der Waals surface area contributed by atoms with Crippen molar-refractivity contribution >= 4 is 5.82 Å². The number of hydrogen-bond donors (Lipinski definition) is 1. The van der Waals surface area contributed by atoms with Gasteiger partial charge < -0.3 is 10.6 Å². The minimum atomic E-state index is -0.339. The number of nitrogens with two attached hydrogens (primary N) is 1. The Kier molecular flexibility index (Phi) is 2.57. The predicted octanol–water partition coefficient (Wildman–Crippen LogP) is 1.34. The molecular formula is C10H17N3. The van der Waals surface area contributed by atoms with E-state index in [1.54, 1.807) is 6.20 Å². The molecule has 0 aliphatic rings. The van der Waals surface area contributed by atoms with Crippen LogP contribution in [0.25, 0.3) is 0 Å². The molecule has 0 saturated carbocycles. The molecule has 3 heteroatoms. The first-order chi connectivity index (χ1) is 5.93. The van der Waals surface area contributed by atoms with E-state index in [-0.39, 0.29) is 5.54 Å². The van der Waals surface area contributed by atoms with Crippen LogP contribution in [-0.2, 0) is 5.54 Å². The van der Waals surface area contributed by atoms with Crippen molar-refractivity contribution in [3.05, 3.63) is 23.9 Å². The first kappa shape index (κ1) is 9.99. The van der Waals surface area contributed by atoms with Crippen LogP contribution in [-0.4, -0.2) is 19.1 Å². The smallest absolute Gasteiger partial charge is 0.133 e. The van der Waals surface area contributed by atoms with Crippen LogP contribution < -0.4 is 10.6 Å². The number of nitrogens with zero attached hydrogens (tertiary/aromatic N) is 2. The third-order valence-corrected chi connectivity index (χ3v) is 1.90. The number of pyridine rings is 1. The Labute approximate surface area is 79.6 Å². The zero-order valence-corrected chi connectivity index (χ0v) is 8.70. The molecule has 0 unspecified atom stereocenters. The Bertz CT molecular complexity index is 286. The molecule has 1 aromatic rings. The summed E-state index contributed by atoms with van der Waals surface area (Å²) in [4.78, 5) is 6.27. The Morgan fingerprint density at radius 1 is 1.38 bits per heavy atom. The Balaban J connectivity index is 3.20. The van der Waals surface area contributed by atoms with E-state index < -0.39 is 0 Å². The lowest BCUT2D eigenvalue weighted by Gasteiger charge is -2.24. The topological polar surface area (TPSA) is 42.2 Å². The van der Waals surface area contributed by atoms with Crippen molar-refractivity contribution < 1.29 is 0 Å². The third kappa shape index (κ3) is 2.18. The largest absolute Gasteiger partial charge is 0.362 e. The van der Waals surface area contributed by atoms with E-state index in [2.05, 4.69) is 4.98 Å². The summed E-state index contributed by atoms with van der Waals surface area (Å²) in [5.74, 6) is 0.940. The molecule has 13 heavy (non-hydrogen) atoms. The molecule has 0 aliphatic heterocycles. The molecule has 0 fully saturated rings. The maximum absolute atomic E-state index is 6.03. The number of rotatable bonds is 2. The van der Waals surface area contributed by atoms with Crippen molar-refractivity contribution in [1.29, 1.82) is 0 Å². The van der Waals surface area contributed by atoms with Gasteiger partial charge >= 0.3 is 0 Å². The van der Waals surface area contributed by atoms with Crippen LogP contribution in [0.2, 0.25) is 0 Å². The molecule has 1 aromatic heterocycles. The van der Waals surface area contributed by atoms with Crippen molar-refractivity contribution in [2.24, 2.45) is 5.73 Å². The number of aromatic nitrogens is 1.